The van der Waals surface area contributed by atoms with Gasteiger partial charge in [-0.3, -0.25) is 14.9 Å². The van der Waals surface area contributed by atoms with E-state index in [9.17, 15) is 9.59 Å². The fourth-order valence-corrected chi connectivity index (χ4v) is 6.20. The van der Waals surface area contributed by atoms with Crippen molar-refractivity contribution in [3.05, 3.63) is 72.3 Å². The summed E-state index contributed by atoms with van der Waals surface area (Å²) in [4.78, 5) is 37.2. The van der Waals surface area contributed by atoms with E-state index in [1.807, 2.05) is 53.8 Å². The minimum Gasteiger partial charge on any atom is -0.444 e. The molecule has 1 unspecified atom stereocenters. The van der Waals surface area contributed by atoms with Crippen LogP contribution >= 0.6 is 0 Å². The Labute approximate surface area is 270 Å². The van der Waals surface area contributed by atoms with Crippen LogP contribution in [0.5, 0.6) is 0 Å². The summed E-state index contributed by atoms with van der Waals surface area (Å²) >= 11 is 0. The lowest BCUT2D eigenvalue weighted by Crippen LogP contribution is -2.36. The van der Waals surface area contributed by atoms with Gasteiger partial charge in [0.25, 0.3) is 0 Å². The number of hydrogen-bond donors (Lipinski definition) is 2. The number of ether oxygens (including phenoxy) is 2. The summed E-state index contributed by atoms with van der Waals surface area (Å²) in [6.45, 7) is 12.6. The maximum atomic E-state index is 12.8. The lowest BCUT2D eigenvalue weighted by Gasteiger charge is -2.28. The monoisotopic (exact) mass is 624 g/mol. The van der Waals surface area contributed by atoms with Crippen LogP contribution in [0.15, 0.2) is 60.8 Å². The number of H-pyrrole nitrogens is 2. The second-order valence-electron chi connectivity index (χ2n) is 14.2. The number of nitrogens with zero attached hydrogens (tertiary/aromatic N) is 4. The fourth-order valence-electron chi connectivity index (χ4n) is 6.20. The molecular formula is C36H44N6O4. The van der Waals surface area contributed by atoms with Crippen LogP contribution in [0.1, 0.15) is 90.8 Å². The summed E-state index contributed by atoms with van der Waals surface area (Å²) in [5.41, 5.74) is 5.84. The van der Waals surface area contributed by atoms with E-state index in [1.165, 1.54) is 0 Å². The van der Waals surface area contributed by atoms with Gasteiger partial charge in [-0.25, -0.2) is 14.6 Å². The van der Waals surface area contributed by atoms with E-state index < -0.39 is 11.2 Å². The predicted octanol–water partition coefficient (Wildman–Crippen LogP) is 8.28. The molecule has 4 heterocycles. The third kappa shape index (κ3) is 6.95. The first-order chi connectivity index (χ1) is 21.8. The van der Waals surface area contributed by atoms with Gasteiger partial charge in [0, 0.05) is 18.7 Å². The lowest BCUT2D eigenvalue weighted by atomic mass is 10.0. The van der Waals surface area contributed by atoms with E-state index in [1.54, 1.807) is 9.80 Å². The molecular weight excluding hydrogens is 580 g/mol. The average molecular weight is 625 g/mol. The van der Waals surface area contributed by atoms with Gasteiger partial charge < -0.3 is 14.5 Å². The van der Waals surface area contributed by atoms with Crippen LogP contribution in [0.3, 0.4) is 0 Å². The first-order valence-corrected chi connectivity index (χ1v) is 16.2. The molecule has 2 fully saturated rings. The van der Waals surface area contributed by atoms with Crippen molar-refractivity contribution in [3.8, 4) is 33.6 Å². The largest absolute Gasteiger partial charge is 0.444 e. The van der Waals surface area contributed by atoms with E-state index in [0.717, 1.165) is 70.8 Å². The number of aromatic nitrogens is 4. The summed E-state index contributed by atoms with van der Waals surface area (Å²) in [7, 11) is 0. The molecule has 2 aliphatic rings. The molecule has 0 aliphatic carbocycles. The smallest absolute Gasteiger partial charge is 0.410 e. The zero-order chi connectivity index (χ0) is 32.6. The highest BCUT2D eigenvalue weighted by Crippen LogP contribution is 2.35. The first kappa shape index (κ1) is 31.4. The van der Waals surface area contributed by atoms with Gasteiger partial charge in [0.15, 0.2) is 0 Å². The van der Waals surface area contributed by atoms with Crippen LogP contribution in [0.25, 0.3) is 33.6 Å². The lowest BCUT2D eigenvalue weighted by molar-refractivity contribution is 0.0209. The summed E-state index contributed by atoms with van der Waals surface area (Å²) < 4.78 is 11.3. The van der Waals surface area contributed by atoms with Crippen molar-refractivity contribution in [2.75, 3.05) is 13.1 Å². The minimum atomic E-state index is -0.537. The Balaban J connectivity index is 1.11. The maximum absolute atomic E-state index is 12.8. The number of imidazole rings is 1. The van der Waals surface area contributed by atoms with Crippen LogP contribution in [-0.4, -0.2) is 66.4 Å². The van der Waals surface area contributed by atoms with Crippen LogP contribution in [0, 0.1) is 0 Å². The molecule has 0 radical (unpaired) electrons. The molecule has 2 aromatic heterocycles. The molecule has 242 valence electrons. The van der Waals surface area contributed by atoms with Crippen molar-refractivity contribution in [1.29, 1.82) is 0 Å². The maximum Gasteiger partial charge on any atom is 0.410 e. The Morgan fingerprint density at radius 1 is 0.739 bits per heavy atom. The van der Waals surface area contributed by atoms with Crippen LogP contribution < -0.4 is 0 Å². The Hall–Kier alpha value is -4.60. The van der Waals surface area contributed by atoms with Gasteiger partial charge in [0.1, 0.15) is 17.0 Å². The number of carbonyl (C=O) groups excluding carboxylic acids is 2. The van der Waals surface area contributed by atoms with Crippen molar-refractivity contribution < 1.29 is 19.1 Å². The van der Waals surface area contributed by atoms with Gasteiger partial charge in [0.2, 0.25) is 0 Å². The highest BCUT2D eigenvalue weighted by Gasteiger charge is 2.36. The quantitative estimate of drug-likeness (QED) is 0.231. The van der Waals surface area contributed by atoms with Crippen LogP contribution in [0.2, 0.25) is 0 Å². The molecule has 0 saturated carbocycles. The molecule has 2 aromatic carbocycles. The zero-order valence-corrected chi connectivity index (χ0v) is 27.6. The van der Waals surface area contributed by atoms with E-state index in [2.05, 4.69) is 68.7 Å². The highest BCUT2D eigenvalue weighted by molar-refractivity contribution is 5.73. The summed E-state index contributed by atoms with van der Waals surface area (Å²) in [6, 6.07) is 18.6. The van der Waals surface area contributed by atoms with Crippen molar-refractivity contribution in [2.45, 2.75) is 90.5 Å². The number of nitrogens with one attached hydrogen (secondary N) is 2. The molecule has 4 aromatic rings. The molecule has 2 amide bonds. The number of rotatable bonds is 5. The number of aromatic amines is 2. The van der Waals surface area contributed by atoms with Gasteiger partial charge in [-0.1, -0.05) is 48.5 Å². The number of amides is 2. The van der Waals surface area contributed by atoms with Crippen molar-refractivity contribution in [2.24, 2.45) is 0 Å². The molecule has 6 rings (SSSR count). The van der Waals surface area contributed by atoms with Gasteiger partial charge in [-0.05, 0) is 90.0 Å². The van der Waals surface area contributed by atoms with Crippen LogP contribution in [-0.2, 0) is 9.47 Å². The summed E-state index contributed by atoms with van der Waals surface area (Å²) in [6.07, 6.45) is 4.83. The highest BCUT2D eigenvalue weighted by atomic mass is 16.6. The molecule has 10 nitrogen and oxygen atoms in total. The predicted molar refractivity (Wildman–Crippen MR) is 177 cm³/mol. The van der Waals surface area contributed by atoms with Gasteiger partial charge >= 0.3 is 12.2 Å². The zero-order valence-electron chi connectivity index (χ0n) is 27.6. The molecule has 2 aliphatic heterocycles. The van der Waals surface area contributed by atoms with Gasteiger partial charge in [0.05, 0.1) is 35.4 Å². The number of likely N-dealkylation sites (tertiary alicyclic amines) is 2. The van der Waals surface area contributed by atoms with Crippen LogP contribution in [0.4, 0.5) is 9.59 Å². The number of benzene rings is 2. The summed E-state index contributed by atoms with van der Waals surface area (Å²) in [5.74, 6) is 0.782. The topological polar surface area (TPSA) is 116 Å². The third-order valence-corrected chi connectivity index (χ3v) is 8.34. The second kappa shape index (κ2) is 12.3. The first-order valence-electron chi connectivity index (χ1n) is 16.2. The average Bonchev–Trinajstić information content (AvgIpc) is 3.82. The molecule has 0 spiro atoms. The Bertz CT molecular complexity index is 1550. The van der Waals surface area contributed by atoms with E-state index in [4.69, 9.17) is 9.47 Å². The van der Waals surface area contributed by atoms with Crippen molar-refractivity contribution in [3.63, 3.8) is 0 Å². The number of carbonyl (C=O) groups is 2. The minimum absolute atomic E-state index is 0.0677. The Kier molecular flexibility index (Phi) is 8.39. The molecule has 46 heavy (non-hydrogen) atoms. The molecule has 2 atom stereocenters. The molecule has 2 saturated heterocycles. The van der Waals surface area contributed by atoms with Gasteiger partial charge in [-0.2, -0.15) is 5.10 Å². The van der Waals surface area contributed by atoms with E-state index >= 15 is 0 Å². The Morgan fingerprint density at radius 3 is 1.80 bits per heavy atom. The Morgan fingerprint density at radius 2 is 1.24 bits per heavy atom. The summed E-state index contributed by atoms with van der Waals surface area (Å²) in [5, 5.41) is 7.73. The van der Waals surface area contributed by atoms with E-state index in [-0.39, 0.29) is 24.3 Å². The number of hydrogen-bond acceptors (Lipinski definition) is 6. The molecule has 10 heteroatoms. The normalized spacial score (nSPS) is 18.7. The molecule has 2 N–H and O–H groups in total. The standard InChI is InChI=1S/C36H44N6O4/c1-35(2,3)45-33(43)41-19-7-9-30(41)28-21-27(39-40-28)25-15-11-23(12-16-25)24-13-17-26(18-14-24)29-22-37-32(38-29)31-10-8-20-42(31)34(44)46-36(4,5)6/h11-18,21-22,30-31H,7-10,19-20H2,1-6H3,(H,37,38)(H,39,40)/t30?,31-/m0/s1. The molecule has 0 bridgehead atoms. The third-order valence-electron chi connectivity index (χ3n) is 8.34. The van der Waals surface area contributed by atoms with Gasteiger partial charge in [-0.15, -0.1) is 0 Å². The van der Waals surface area contributed by atoms with Crippen molar-refractivity contribution in [1.82, 2.24) is 30.0 Å². The second-order valence-corrected chi connectivity index (χ2v) is 14.2. The van der Waals surface area contributed by atoms with Crippen molar-refractivity contribution >= 4 is 12.2 Å². The van der Waals surface area contributed by atoms with E-state index in [0.29, 0.717) is 13.1 Å². The fraction of sp³-hybridized carbons (Fsp3) is 0.444. The SMILES string of the molecule is CC(C)(C)OC(=O)N1CCCC1c1cc(-c2ccc(-c3ccc(-c4cnc([C@@H]5CCCN5C(=O)OC(C)(C)C)[nH]4)cc3)cc2)n[nH]1.